The Labute approximate surface area is 120 Å². The van der Waals surface area contributed by atoms with Crippen LogP contribution in [0.4, 0.5) is 10.1 Å². The molecule has 0 unspecified atom stereocenters. The third kappa shape index (κ3) is 4.46. The fraction of sp³-hybridized carbons (Fsp3) is 0.364. The first-order valence-electron chi connectivity index (χ1n) is 5.84. The number of halogens is 1. The summed E-state index contributed by atoms with van der Waals surface area (Å²) in [6.45, 7) is 2.49. The van der Waals surface area contributed by atoms with Crippen molar-refractivity contribution < 1.29 is 22.5 Å². The number of rotatable bonds is 6. The second kappa shape index (κ2) is 6.59. The van der Waals surface area contributed by atoms with Crippen LogP contribution in [-0.4, -0.2) is 32.3 Å². The van der Waals surface area contributed by atoms with Gasteiger partial charge in [0.1, 0.15) is 0 Å². The number of benzene rings is 1. The zero-order chi connectivity index (χ0) is 16.2. The number of nitro groups is 1. The van der Waals surface area contributed by atoms with E-state index in [-0.39, 0.29) is 24.6 Å². The maximum atomic E-state index is 13.5. The number of carbonyl (C=O) groups is 1. The van der Waals surface area contributed by atoms with E-state index in [9.17, 15) is 27.7 Å². The molecule has 8 nitrogen and oxygen atoms in total. The van der Waals surface area contributed by atoms with Crippen molar-refractivity contribution in [2.45, 2.75) is 18.7 Å². The van der Waals surface area contributed by atoms with Crippen molar-refractivity contribution in [3.8, 4) is 0 Å². The number of hydrogen-bond donors (Lipinski definition) is 2. The number of nitro benzene ring substituents is 1. The second-order valence-corrected chi connectivity index (χ2v) is 5.98. The van der Waals surface area contributed by atoms with Crippen LogP contribution in [-0.2, 0) is 14.8 Å². The minimum Gasteiger partial charge on any atom is -0.355 e. The number of aryl methyl sites for hydroxylation is 1. The summed E-state index contributed by atoms with van der Waals surface area (Å²) in [5.74, 6) is -1.39. The van der Waals surface area contributed by atoms with Gasteiger partial charge in [0.2, 0.25) is 21.7 Å². The molecule has 1 aromatic rings. The molecule has 21 heavy (non-hydrogen) atoms. The van der Waals surface area contributed by atoms with Gasteiger partial charge in [0.05, 0.1) is 9.82 Å². The predicted octanol–water partition coefficient (Wildman–Crippen LogP) is 0.457. The zero-order valence-electron chi connectivity index (χ0n) is 11.3. The average molecular weight is 319 g/mol. The smallest absolute Gasteiger partial charge is 0.306 e. The highest BCUT2D eigenvalue weighted by Gasteiger charge is 2.23. The van der Waals surface area contributed by atoms with Crippen molar-refractivity contribution in [2.75, 3.05) is 13.1 Å². The van der Waals surface area contributed by atoms with Gasteiger partial charge < -0.3 is 5.32 Å². The fourth-order valence-corrected chi connectivity index (χ4v) is 2.65. The Morgan fingerprint density at radius 2 is 2.00 bits per heavy atom. The van der Waals surface area contributed by atoms with E-state index >= 15 is 0 Å². The molecule has 0 radical (unpaired) electrons. The Balaban J connectivity index is 2.98. The Kier molecular flexibility index (Phi) is 5.33. The van der Waals surface area contributed by atoms with Gasteiger partial charge in [-0.05, 0) is 18.6 Å². The van der Waals surface area contributed by atoms with Crippen molar-refractivity contribution in [3.05, 3.63) is 33.6 Å². The molecular formula is C11H14FN3O5S. The van der Waals surface area contributed by atoms with Crippen molar-refractivity contribution >= 4 is 21.6 Å². The van der Waals surface area contributed by atoms with E-state index in [0.29, 0.717) is 6.07 Å². The van der Waals surface area contributed by atoms with Crippen LogP contribution in [0.5, 0.6) is 0 Å². The summed E-state index contributed by atoms with van der Waals surface area (Å²) in [4.78, 5) is 19.9. The van der Waals surface area contributed by atoms with Crippen molar-refractivity contribution in [3.63, 3.8) is 0 Å². The number of amides is 1. The molecule has 1 aromatic carbocycles. The van der Waals surface area contributed by atoms with E-state index in [1.165, 1.54) is 13.8 Å². The highest BCUT2D eigenvalue weighted by atomic mass is 32.2. The van der Waals surface area contributed by atoms with Gasteiger partial charge in [-0.15, -0.1) is 0 Å². The van der Waals surface area contributed by atoms with Crippen molar-refractivity contribution in [2.24, 2.45) is 0 Å². The molecule has 116 valence electrons. The van der Waals surface area contributed by atoms with Gasteiger partial charge in [-0.3, -0.25) is 14.9 Å². The summed E-state index contributed by atoms with van der Waals surface area (Å²) in [5.41, 5.74) is -1.05. The van der Waals surface area contributed by atoms with E-state index in [1.54, 1.807) is 0 Å². The van der Waals surface area contributed by atoms with Gasteiger partial charge in [0.15, 0.2) is 0 Å². The van der Waals surface area contributed by atoms with Crippen LogP contribution in [0.1, 0.15) is 12.5 Å². The van der Waals surface area contributed by atoms with Gasteiger partial charge in [-0.2, -0.15) is 4.39 Å². The molecule has 10 heteroatoms. The third-order valence-electron chi connectivity index (χ3n) is 2.51. The van der Waals surface area contributed by atoms with Gasteiger partial charge >= 0.3 is 5.69 Å². The lowest BCUT2D eigenvalue weighted by atomic mass is 10.2. The quantitative estimate of drug-likeness (QED) is 0.448. The minimum atomic E-state index is -4.03. The molecule has 1 rings (SSSR count). The van der Waals surface area contributed by atoms with E-state index < -0.39 is 31.3 Å². The summed E-state index contributed by atoms with van der Waals surface area (Å²) in [7, 11) is -4.03. The van der Waals surface area contributed by atoms with Gasteiger partial charge in [-0.25, -0.2) is 13.1 Å². The second-order valence-electron chi connectivity index (χ2n) is 4.21. The summed E-state index contributed by atoms with van der Waals surface area (Å²) in [5, 5.41) is 13.1. The summed E-state index contributed by atoms with van der Waals surface area (Å²) in [6.07, 6.45) is 0. The Morgan fingerprint density at radius 3 is 2.52 bits per heavy atom. The minimum absolute atomic E-state index is 0.0663. The normalized spacial score (nSPS) is 11.2. The molecule has 0 heterocycles. The molecule has 2 N–H and O–H groups in total. The fourth-order valence-electron chi connectivity index (χ4n) is 1.51. The molecule has 0 fully saturated rings. The van der Waals surface area contributed by atoms with E-state index in [1.807, 2.05) is 0 Å². The monoisotopic (exact) mass is 319 g/mol. The summed E-state index contributed by atoms with van der Waals surface area (Å²) < 4.78 is 39.6. The van der Waals surface area contributed by atoms with Crippen LogP contribution in [0.25, 0.3) is 0 Å². The summed E-state index contributed by atoms with van der Waals surface area (Å²) in [6, 6.07) is 1.66. The topological polar surface area (TPSA) is 118 Å². The highest BCUT2D eigenvalue weighted by molar-refractivity contribution is 7.89. The SMILES string of the molecule is CC(=O)NCCNS(=O)(=O)c1cc(C)c(F)c([N+](=O)[O-])c1. The standard InChI is InChI=1S/C11H14FN3O5S/c1-7-5-9(6-10(11(7)12)15(17)18)21(19,20)14-4-3-13-8(2)16/h5-6,14H,3-4H2,1-2H3,(H,13,16). The lowest BCUT2D eigenvalue weighted by Gasteiger charge is -2.08. The van der Waals surface area contributed by atoms with Crippen LogP contribution in [0.3, 0.4) is 0 Å². The van der Waals surface area contributed by atoms with Gasteiger partial charge in [-0.1, -0.05) is 0 Å². The molecular weight excluding hydrogens is 305 g/mol. The average Bonchev–Trinajstić information content (AvgIpc) is 2.37. The summed E-state index contributed by atoms with van der Waals surface area (Å²) >= 11 is 0. The molecule has 0 spiro atoms. The van der Waals surface area contributed by atoms with Crippen LogP contribution >= 0.6 is 0 Å². The lowest BCUT2D eigenvalue weighted by molar-refractivity contribution is -0.387. The van der Waals surface area contributed by atoms with E-state index in [0.717, 1.165) is 6.07 Å². The first-order valence-corrected chi connectivity index (χ1v) is 7.32. The molecule has 0 atom stereocenters. The number of carbonyl (C=O) groups excluding carboxylic acids is 1. The Morgan fingerprint density at radius 1 is 1.38 bits per heavy atom. The number of nitrogens with zero attached hydrogens (tertiary/aromatic N) is 1. The molecule has 1 amide bonds. The lowest BCUT2D eigenvalue weighted by Crippen LogP contribution is -2.33. The maximum Gasteiger partial charge on any atom is 0.306 e. The van der Waals surface area contributed by atoms with Crippen LogP contribution in [0.15, 0.2) is 17.0 Å². The number of hydrogen-bond acceptors (Lipinski definition) is 5. The largest absolute Gasteiger partial charge is 0.355 e. The molecule has 0 aliphatic carbocycles. The molecule has 0 bridgehead atoms. The molecule has 0 saturated heterocycles. The molecule has 0 saturated carbocycles. The van der Waals surface area contributed by atoms with Crippen LogP contribution in [0.2, 0.25) is 0 Å². The Bertz CT molecular complexity index is 675. The first-order chi connectivity index (χ1) is 9.65. The predicted molar refractivity (Wildman–Crippen MR) is 71.7 cm³/mol. The first kappa shape index (κ1) is 17.0. The van der Waals surface area contributed by atoms with E-state index in [2.05, 4.69) is 10.0 Å². The van der Waals surface area contributed by atoms with Crippen molar-refractivity contribution in [1.29, 1.82) is 0 Å². The number of sulfonamides is 1. The van der Waals surface area contributed by atoms with Gasteiger partial charge in [0.25, 0.3) is 0 Å². The van der Waals surface area contributed by atoms with Gasteiger partial charge in [0, 0.05) is 26.1 Å². The Hall–Kier alpha value is -2.07. The molecule has 0 aromatic heterocycles. The molecule has 0 aliphatic rings. The molecule has 0 aliphatic heterocycles. The van der Waals surface area contributed by atoms with Crippen molar-refractivity contribution in [1.82, 2.24) is 10.0 Å². The van der Waals surface area contributed by atoms with E-state index in [4.69, 9.17) is 0 Å². The zero-order valence-corrected chi connectivity index (χ0v) is 12.2. The highest BCUT2D eigenvalue weighted by Crippen LogP contribution is 2.24. The van der Waals surface area contributed by atoms with Crippen LogP contribution < -0.4 is 10.0 Å². The maximum absolute atomic E-state index is 13.5. The third-order valence-corrected chi connectivity index (χ3v) is 3.95. The van der Waals surface area contributed by atoms with Crippen LogP contribution in [0, 0.1) is 22.9 Å². The number of nitrogens with one attached hydrogen (secondary N) is 2.